The molecule has 0 radical (unpaired) electrons. The highest BCUT2D eigenvalue weighted by molar-refractivity contribution is 9.11. The third-order valence-electron chi connectivity index (χ3n) is 3.31. The minimum absolute atomic E-state index is 0.140. The standard InChI is InChI=1S/C11H11BrF3NO2S/c12-8-2-1-7(19-8)5-16-4-3-10(6-16,9(17)18)11(13,14)15/h1-2H,3-6H2,(H,17,18). The van der Waals surface area contributed by atoms with E-state index in [1.165, 1.54) is 11.3 Å². The van der Waals surface area contributed by atoms with Crippen LogP contribution in [0, 0.1) is 5.41 Å². The molecule has 1 aliphatic heterocycles. The average Bonchev–Trinajstić information content (AvgIpc) is 2.85. The second kappa shape index (κ2) is 5.06. The average molecular weight is 358 g/mol. The maximum absolute atomic E-state index is 13.0. The van der Waals surface area contributed by atoms with Crippen molar-refractivity contribution in [3.8, 4) is 0 Å². The Hall–Kier alpha value is -0.600. The zero-order chi connectivity index (χ0) is 14.3. The Morgan fingerprint density at radius 2 is 2.21 bits per heavy atom. The van der Waals surface area contributed by atoms with Gasteiger partial charge in [0.15, 0.2) is 5.41 Å². The Balaban J connectivity index is 2.11. The van der Waals surface area contributed by atoms with Crippen LogP contribution in [0.15, 0.2) is 15.9 Å². The van der Waals surface area contributed by atoms with Crippen molar-refractivity contribution in [1.29, 1.82) is 0 Å². The molecule has 1 unspecified atom stereocenters. The van der Waals surface area contributed by atoms with Crippen molar-refractivity contribution in [2.75, 3.05) is 13.1 Å². The summed E-state index contributed by atoms with van der Waals surface area (Å²) in [6, 6.07) is 3.65. The van der Waals surface area contributed by atoms with Gasteiger partial charge in [0.2, 0.25) is 0 Å². The van der Waals surface area contributed by atoms with Gasteiger partial charge in [-0.15, -0.1) is 11.3 Å². The normalized spacial score (nSPS) is 24.8. The predicted molar refractivity (Wildman–Crippen MR) is 68.0 cm³/mol. The van der Waals surface area contributed by atoms with E-state index in [1.54, 1.807) is 4.90 Å². The van der Waals surface area contributed by atoms with Crippen molar-refractivity contribution in [3.63, 3.8) is 0 Å². The number of rotatable bonds is 3. The van der Waals surface area contributed by atoms with E-state index >= 15 is 0 Å². The number of halogens is 4. The van der Waals surface area contributed by atoms with Crippen LogP contribution in [-0.2, 0) is 11.3 Å². The largest absolute Gasteiger partial charge is 0.481 e. The maximum Gasteiger partial charge on any atom is 0.406 e. The van der Waals surface area contributed by atoms with E-state index in [1.807, 2.05) is 12.1 Å². The summed E-state index contributed by atoms with van der Waals surface area (Å²) in [5, 5.41) is 8.94. The van der Waals surface area contributed by atoms with Crippen molar-refractivity contribution < 1.29 is 23.1 Å². The van der Waals surface area contributed by atoms with Crippen LogP contribution in [0.4, 0.5) is 13.2 Å². The van der Waals surface area contributed by atoms with E-state index in [2.05, 4.69) is 15.9 Å². The molecule has 1 atom stereocenters. The highest BCUT2D eigenvalue weighted by Gasteiger charge is 2.63. The Morgan fingerprint density at radius 3 is 2.63 bits per heavy atom. The summed E-state index contributed by atoms with van der Waals surface area (Å²) in [6.07, 6.45) is -5.11. The lowest BCUT2D eigenvalue weighted by molar-refractivity contribution is -0.227. The summed E-state index contributed by atoms with van der Waals surface area (Å²) in [5.41, 5.74) is -2.62. The second-order valence-electron chi connectivity index (χ2n) is 4.55. The SMILES string of the molecule is O=C(O)C1(C(F)(F)F)CCN(Cc2ccc(Br)s2)C1. The van der Waals surface area contributed by atoms with Gasteiger partial charge in [-0.1, -0.05) is 0 Å². The molecule has 8 heteroatoms. The fourth-order valence-corrected chi connectivity index (χ4v) is 3.73. The number of hydrogen-bond acceptors (Lipinski definition) is 3. The number of thiophene rings is 1. The zero-order valence-corrected chi connectivity index (χ0v) is 12.1. The third-order valence-corrected chi connectivity index (χ3v) is 4.92. The summed E-state index contributed by atoms with van der Waals surface area (Å²) in [4.78, 5) is 13.5. The molecular formula is C11H11BrF3NO2S. The number of alkyl halides is 3. The van der Waals surface area contributed by atoms with Gasteiger partial charge in [-0.3, -0.25) is 9.69 Å². The molecule has 0 bridgehead atoms. The first kappa shape index (κ1) is 14.8. The zero-order valence-electron chi connectivity index (χ0n) is 9.71. The van der Waals surface area contributed by atoms with Gasteiger partial charge in [0, 0.05) is 24.5 Å². The summed E-state index contributed by atoms with van der Waals surface area (Å²) in [6.45, 7) is 0.00403. The monoisotopic (exact) mass is 357 g/mol. The summed E-state index contributed by atoms with van der Waals surface area (Å²) in [7, 11) is 0. The first-order valence-electron chi connectivity index (χ1n) is 5.51. The highest BCUT2D eigenvalue weighted by atomic mass is 79.9. The van der Waals surface area contributed by atoms with Gasteiger partial charge in [0.25, 0.3) is 0 Å². The Morgan fingerprint density at radius 1 is 1.53 bits per heavy atom. The van der Waals surface area contributed by atoms with Crippen LogP contribution in [-0.4, -0.2) is 35.2 Å². The van der Waals surface area contributed by atoms with Gasteiger partial charge >= 0.3 is 12.1 Å². The molecule has 0 amide bonds. The lowest BCUT2D eigenvalue weighted by Gasteiger charge is -2.27. The third kappa shape index (κ3) is 2.80. The highest BCUT2D eigenvalue weighted by Crippen LogP contribution is 2.46. The maximum atomic E-state index is 13.0. The first-order valence-corrected chi connectivity index (χ1v) is 7.12. The minimum atomic E-state index is -4.72. The summed E-state index contributed by atoms with van der Waals surface area (Å²) in [5.74, 6) is -1.78. The Bertz CT molecular complexity index is 491. The fraction of sp³-hybridized carbons (Fsp3) is 0.545. The molecule has 1 aromatic heterocycles. The molecule has 19 heavy (non-hydrogen) atoms. The van der Waals surface area contributed by atoms with E-state index in [-0.39, 0.29) is 6.54 Å². The van der Waals surface area contributed by atoms with Gasteiger partial charge in [-0.05, 0) is 34.5 Å². The lowest BCUT2D eigenvalue weighted by atomic mass is 9.86. The van der Waals surface area contributed by atoms with Crippen molar-refractivity contribution in [2.45, 2.75) is 19.1 Å². The lowest BCUT2D eigenvalue weighted by Crippen LogP contribution is -2.47. The van der Waals surface area contributed by atoms with Crippen LogP contribution in [0.3, 0.4) is 0 Å². The molecule has 1 N–H and O–H groups in total. The summed E-state index contributed by atoms with van der Waals surface area (Å²) >= 11 is 4.72. The van der Waals surface area contributed by atoms with Gasteiger partial charge < -0.3 is 5.11 Å². The number of carbonyl (C=O) groups is 1. The van der Waals surface area contributed by atoms with Crippen LogP contribution in [0.25, 0.3) is 0 Å². The molecule has 1 saturated heterocycles. The number of nitrogens with zero attached hydrogens (tertiary/aromatic N) is 1. The van der Waals surface area contributed by atoms with E-state index in [0.29, 0.717) is 6.54 Å². The van der Waals surface area contributed by atoms with Crippen LogP contribution in [0.1, 0.15) is 11.3 Å². The van der Waals surface area contributed by atoms with Gasteiger partial charge in [-0.2, -0.15) is 13.2 Å². The molecule has 3 nitrogen and oxygen atoms in total. The molecule has 0 aromatic carbocycles. The van der Waals surface area contributed by atoms with Gasteiger partial charge in [0.05, 0.1) is 3.79 Å². The fourth-order valence-electron chi connectivity index (χ4n) is 2.21. The molecular weight excluding hydrogens is 347 g/mol. The quantitative estimate of drug-likeness (QED) is 0.901. The molecule has 1 aromatic rings. The van der Waals surface area contributed by atoms with Crippen LogP contribution >= 0.6 is 27.3 Å². The Kier molecular flexibility index (Phi) is 3.95. The molecule has 1 aliphatic rings. The molecule has 0 spiro atoms. The Labute approximate surface area is 120 Å². The van der Waals surface area contributed by atoms with E-state index in [0.717, 1.165) is 8.66 Å². The number of aliphatic carboxylic acids is 1. The van der Waals surface area contributed by atoms with Crippen molar-refractivity contribution >= 4 is 33.2 Å². The van der Waals surface area contributed by atoms with Crippen LogP contribution in [0.5, 0.6) is 0 Å². The van der Waals surface area contributed by atoms with Crippen molar-refractivity contribution in [3.05, 3.63) is 20.8 Å². The van der Waals surface area contributed by atoms with Gasteiger partial charge in [-0.25, -0.2) is 0 Å². The van der Waals surface area contributed by atoms with Crippen LogP contribution < -0.4 is 0 Å². The topological polar surface area (TPSA) is 40.5 Å². The number of hydrogen-bond donors (Lipinski definition) is 1. The molecule has 1 fully saturated rings. The van der Waals surface area contributed by atoms with E-state index in [9.17, 15) is 18.0 Å². The molecule has 0 aliphatic carbocycles. The number of carboxylic acids is 1. The van der Waals surface area contributed by atoms with E-state index in [4.69, 9.17) is 5.11 Å². The van der Waals surface area contributed by atoms with Crippen LogP contribution in [0.2, 0.25) is 0 Å². The molecule has 0 saturated carbocycles. The van der Waals surface area contributed by atoms with Gasteiger partial charge in [0.1, 0.15) is 0 Å². The number of carboxylic acid groups (broad SMARTS) is 1. The summed E-state index contributed by atoms with van der Waals surface area (Å²) < 4.78 is 39.8. The molecule has 2 heterocycles. The van der Waals surface area contributed by atoms with E-state index < -0.39 is 30.5 Å². The minimum Gasteiger partial charge on any atom is -0.481 e. The second-order valence-corrected chi connectivity index (χ2v) is 7.10. The predicted octanol–water partition coefficient (Wildman–Crippen LogP) is 3.35. The molecule has 2 rings (SSSR count). The van der Waals surface area contributed by atoms with Crippen molar-refractivity contribution in [1.82, 2.24) is 4.90 Å². The van der Waals surface area contributed by atoms with Crippen molar-refractivity contribution in [2.24, 2.45) is 5.41 Å². The first-order chi connectivity index (χ1) is 8.74. The smallest absolute Gasteiger partial charge is 0.406 e. The molecule has 106 valence electrons. The number of likely N-dealkylation sites (tertiary alicyclic amines) is 1.